The molecule has 0 amide bonds. The van der Waals surface area contributed by atoms with Crippen molar-refractivity contribution < 1.29 is 47.8 Å². The first-order chi connectivity index (χ1) is 30.7. The number of aliphatic hydroxyl groups excluding tert-OH is 2. The SMILES string of the molecule is CCCCCCCCCC/C=C\CCCCCCCCCCCCCC(=O)OC(COC(=O)CCCCCCCCCCCCCCCCCCC)COP(=O)(O)OCC(O)CO. The average molecular weight is 917 g/mol. The van der Waals surface area contributed by atoms with Crippen LogP contribution in [0.4, 0.5) is 0 Å². The second-order valence-corrected chi connectivity index (χ2v) is 19.7. The smallest absolute Gasteiger partial charge is 0.462 e. The third kappa shape index (κ3) is 48.5. The molecule has 0 saturated heterocycles. The van der Waals surface area contributed by atoms with Gasteiger partial charge in [-0.2, -0.15) is 0 Å². The quantitative estimate of drug-likeness (QED) is 0.0233. The Hall–Kier alpha value is -1.29. The topological polar surface area (TPSA) is 149 Å². The van der Waals surface area contributed by atoms with Crippen molar-refractivity contribution in [3.05, 3.63) is 12.2 Å². The van der Waals surface area contributed by atoms with Gasteiger partial charge in [-0.15, -0.1) is 0 Å². The van der Waals surface area contributed by atoms with E-state index in [1.165, 1.54) is 199 Å². The Morgan fingerprint density at radius 3 is 1.14 bits per heavy atom. The number of esters is 2. The molecule has 3 atom stereocenters. The average Bonchev–Trinajstić information content (AvgIpc) is 3.27. The van der Waals surface area contributed by atoms with Crippen LogP contribution in [-0.4, -0.2) is 65.7 Å². The number of hydrogen-bond donors (Lipinski definition) is 3. The summed E-state index contributed by atoms with van der Waals surface area (Å²) in [7, 11) is -4.62. The standard InChI is InChI=1S/C52H101O10P/c1-3-5-7-9-11-13-15-17-19-21-22-23-24-25-26-28-30-32-34-36-38-40-42-44-52(56)62-50(48-61-63(57,58)60-46-49(54)45-53)47-59-51(55)43-41-39-37-35-33-31-29-27-20-18-16-14-12-10-8-6-4-2/h21-22,49-50,53-54H,3-20,23-48H2,1-2H3,(H,57,58)/b22-21-. The molecule has 3 unspecified atom stereocenters. The minimum absolute atomic E-state index is 0.189. The number of hydrogen-bond acceptors (Lipinski definition) is 9. The van der Waals surface area contributed by atoms with E-state index >= 15 is 0 Å². The molecule has 3 N–H and O–H groups in total. The number of phosphoric ester groups is 1. The lowest BCUT2D eigenvalue weighted by atomic mass is 10.0. The maximum atomic E-state index is 12.7. The monoisotopic (exact) mass is 917 g/mol. The third-order valence-electron chi connectivity index (χ3n) is 11.9. The highest BCUT2D eigenvalue weighted by Gasteiger charge is 2.27. The summed E-state index contributed by atoms with van der Waals surface area (Å²) in [6.45, 7) is 2.44. The summed E-state index contributed by atoms with van der Waals surface area (Å²) in [6, 6.07) is 0. The summed E-state index contributed by atoms with van der Waals surface area (Å²) >= 11 is 0. The van der Waals surface area contributed by atoms with Crippen molar-refractivity contribution in [1.82, 2.24) is 0 Å². The molecule has 0 aliphatic carbocycles. The van der Waals surface area contributed by atoms with Gasteiger partial charge in [-0.05, 0) is 38.5 Å². The molecule has 0 bridgehead atoms. The molecular formula is C52H101O10P. The number of phosphoric acid groups is 1. The van der Waals surface area contributed by atoms with E-state index in [1.54, 1.807) is 0 Å². The van der Waals surface area contributed by atoms with Gasteiger partial charge in [-0.3, -0.25) is 18.6 Å². The zero-order valence-electron chi connectivity index (χ0n) is 41.1. The number of rotatable bonds is 51. The van der Waals surface area contributed by atoms with Crippen molar-refractivity contribution in [2.75, 3.05) is 26.4 Å². The predicted octanol–water partition coefficient (Wildman–Crippen LogP) is 15.1. The van der Waals surface area contributed by atoms with Gasteiger partial charge in [0.2, 0.25) is 0 Å². The summed E-state index contributed by atoms with van der Waals surface area (Å²) in [6.07, 6.45) is 50.4. The number of aliphatic hydroxyl groups is 2. The molecule has 0 heterocycles. The molecule has 0 aliphatic rings. The predicted molar refractivity (Wildman–Crippen MR) is 261 cm³/mol. The van der Waals surface area contributed by atoms with Crippen molar-refractivity contribution in [1.29, 1.82) is 0 Å². The fourth-order valence-electron chi connectivity index (χ4n) is 7.82. The number of unbranched alkanes of at least 4 members (excludes halogenated alkanes) is 35. The van der Waals surface area contributed by atoms with Gasteiger partial charge in [-0.1, -0.05) is 231 Å². The third-order valence-corrected chi connectivity index (χ3v) is 12.9. The van der Waals surface area contributed by atoms with Gasteiger partial charge in [0.1, 0.15) is 12.7 Å². The van der Waals surface area contributed by atoms with Crippen LogP contribution >= 0.6 is 7.82 Å². The lowest BCUT2D eigenvalue weighted by molar-refractivity contribution is -0.161. The van der Waals surface area contributed by atoms with E-state index in [1.807, 2.05) is 0 Å². The maximum absolute atomic E-state index is 12.7. The van der Waals surface area contributed by atoms with E-state index in [0.717, 1.165) is 32.1 Å². The summed E-state index contributed by atoms with van der Waals surface area (Å²) in [5, 5.41) is 18.4. The van der Waals surface area contributed by atoms with Crippen LogP contribution < -0.4 is 0 Å². The van der Waals surface area contributed by atoms with Gasteiger partial charge < -0.3 is 24.6 Å². The van der Waals surface area contributed by atoms with Gasteiger partial charge in [0.05, 0.1) is 19.8 Å². The van der Waals surface area contributed by atoms with Gasteiger partial charge in [0, 0.05) is 12.8 Å². The molecular weight excluding hydrogens is 816 g/mol. The van der Waals surface area contributed by atoms with E-state index in [9.17, 15) is 24.2 Å². The van der Waals surface area contributed by atoms with Crippen molar-refractivity contribution >= 4 is 19.8 Å². The molecule has 0 fully saturated rings. The number of carbonyl (C=O) groups is 2. The van der Waals surface area contributed by atoms with Crippen LogP contribution in [-0.2, 0) is 32.7 Å². The number of ether oxygens (including phenoxy) is 2. The number of allylic oxidation sites excluding steroid dienone is 2. The van der Waals surface area contributed by atoms with Crippen molar-refractivity contribution in [3.8, 4) is 0 Å². The highest BCUT2D eigenvalue weighted by atomic mass is 31.2. The van der Waals surface area contributed by atoms with Crippen LogP contribution in [0.5, 0.6) is 0 Å². The first kappa shape index (κ1) is 61.7. The molecule has 0 aromatic heterocycles. The first-order valence-corrected chi connectivity index (χ1v) is 28.1. The molecule has 11 heteroatoms. The van der Waals surface area contributed by atoms with Crippen molar-refractivity contribution in [3.63, 3.8) is 0 Å². The Balaban J connectivity index is 4.11. The molecule has 10 nitrogen and oxygen atoms in total. The Kier molecular flexibility index (Phi) is 47.6. The van der Waals surface area contributed by atoms with Crippen LogP contribution in [0, 0.1) is 0 Å². The van der Waals surface area contributed by atoms with Crippen LogP contribution in [0.2, 0.25) is 0 Å². The van der Waals surface area contributed by atoms with Crippen molar-refractivity contribution in [2.24, 2.45) is 0 Å². The summed E-state index contributed by atoms with van der Waals surface area (Å²) in [5.41, 5.74) is 0. The van der Waals surface area contributed by atoms with Crippen LogP contribution in [0.15, 0.2) is 12.2 Å². The molecule has 0 saturated carbocycles. The van der Waals surface area contributed by atoms with E-state index in [4.69, 9.17) is 23.6 Å². The van der Waals surface area contributed by atoms with Gasteiger partial charge in [-0.25, -0.2) is 4.57 Å². The van der Waals surface area contributed by atoms with E-state index in [-0.39, 0.29) is 19.4 Å². The molecule has 374 valence electrons. The van der Waals surface area contributed by atoms with Crippen LogP contribution in [0.25, 0.3) is 0 Å². The normalized spacial score (nSPS) is 13.7. The molecule has 0 aromatic rings. The van der Waals surface area contributed by atoms with Crippen LogP contribution in [0.1, 0.15) is 271 Å². The lowest BCUT2D eigenvalue weighted by Crippen LogP contribution is -2.29. The van der Waals surface area contributed by atoms with E-state index < -0.39 is 51.8 Å². The minimum atomic E-state index is -4.62. The molecule has 0 aromatic carbocycles. The van der Waals surface area contributed by atoms with Gasteiger partial charge in [0.25, 0.3) is 0 Å². The molecule has 63 heavy (non-hydrogen) atoms. The number of carbonyl (C=O) groups excluding carboxylic acids is 2. The maximum Gasteiger partial charge on any atom is 0.472 e. The Bertz CT molecular complexity index is 1060. The first-order valence-electron chi connectivity index (χ1n) is 26.6. The molecule has 0 rings (SSSR count). The second kappa shape index (κ2) is 48.6. The Morgan fingerprint density at radius 2 is 0.778 bits per heavy atom. The highest BCUT2D eigenvalue weighted by molar-refractivity contribution is 7.47. The van der Waals surface area contributed by atoms with Gasteiger partial charge >= 0.3 is 19.8 Å². The molecule has 0 aliphatic heterocycles. The molecule has 0 radical (unpaired) electrons. The fraction of sp³-hybridized carbons (Fsp3) is 0.923. The Labute approximate surface area is 387 Å². The largest absolute Gasteiger partial charge is 0.472 e. The zero-order valence-corrected chi connectivity index (χ0v) is 42.0. The lowest BCUT2D eigenvalue weighted by Gasteiger charge is -2.20. The van der Waals surface area contributed by atoms with Gasteiger partial charge in [0.15, 0.2) is 6.10 Å². The Morgan fingerprint density at radius 1 is 0.460 bits per heavy atom. The van der Waals surface area contributed by atoms with Crippen LogP contribution in [0.3, 0.4) is 0 Å². The summed E-state index contributed by atoms with van der Waals surface area (Å²) in [4.78, 5) is 35.2. The minimum Gasteiger partial charge on any atom is -0.462 e. The van der Waals surface area contributed by atoms with E-state index in [2.05, 4.69) is 26.0 Å². The van der Waals surface area contributed by atoms with Crippen molar-refractivity contribution in [2.45, 2.75) is 283 Å². The fourth-order valence-corrected chi connectivity index (χ4v) is 8.60. The second-order valence-electron chi connectivity index (χ2n) is 18.3. The van der Waals surface area contributed by atoms with E-state index in [0.29, 0.717) is 12.8 Å². The highest BCUT2D eigenvalue weighted by Crippen LogP contribution is 2.43. The summed E-state index contributed by atoms with van der Waals surface area (Å²) in [5.74, 6) is -0.907. The zero-order chi connectivity index (χ0) is 46.2. The summed E-state index contributed by atoms with van der Waals surface area (Å²) < 4.78 is 32.9. The molecule has 0 spiro atoms.